The van der Waals surface area contributed by atoms with Crippen molar-refractivity contribution in [2.24, 2.45) is 5.41 Å². The van der Waals surface area contributed by atoms with Gasteiger partial charge in [-0.15, -0.1) is 0 Å². The van der Waals surface area contributed by atoms with Gasteiger partial charge in [0.05, 0.1) is 53.5 Å². The minimum Gasteiger partial charge on any atom is -0.495 e. The Bertz CT molecular complexity index is 1830. The zero-order valence-electron chi connectivity index (χ0n) is 26.7. The summed E-state index contributed by atoms with van der Waals surface area (Å²) in [6, 6.07) is 12.4. The van der Waals surface area contributed by atoms with Crippen molar-refractivity contribution < 1.29 is 28.2 Å². The molecule has 1 fully saturated rings. The minimum absolute atomic E-state index is 0.164. The third-order valence-corrected chi connectivity index (χ3v) is 10.8. The number of ether oxygens (including phenoxy) is 1. The van der Waals surface area contributed by atoms with Crippen LogP contribution in [-0.4, -0.2) is 87.7 Å². The number of rotatable bonds is 11. The average Bonchev–Trinajstić information content (AvgIpc) is 3.53. The Morgan fingerprint density at radius 3 is 2.41 bits per heavy atom. The fourth-order valence-electron chi connectivity index (χ4n) is 5.65. The average molecular weight is 652 g/mol. The number of nitrogens with zero attached hydrogens (tertiary/aromatic N) is 5. The van der Waals surface area contributed by atoms with Crippen molar-refractivity contribution in [2.75, 3.05) is 44.0 Å². The topological polar surface area (TPSA) is 171 Å². The normalized spacial score (nSPS) is 14.6. The molecule has 13 nitrogen and oxygen atoms in total. The minimum atomic E-state index is -3.58. The molecule has 1 saturated heterocycles. The van der Waals surface area contributed by atoms with Crippen LogP contribution in [0.2, 0.25) is 0 Å². The SMILES string of the molecule is COc1cc(C2CCN(C(=O)C(C)(CO)CO)CC2)c(C)cc1Nc1nc(Nc2ccccc2S(=O)(=O)C(C)C)n2nccc2n1. The van der Waals surface area contributed by atoms with Gasteiger partial charge in [0.2, 0.25) is 17.8 Å². The van der Waals surface area contributed by atoms with Crippen molar-refractivity contribution in [1.82, 2.24) is 24.5 Å². The van der Waals surface area contributed by atoms with Gasteiger partial charge >= 0.3 is 0 Å². The van der Waals surface area contributed by atoms with Crippen LogP contribution < -0.4 is 15.4 Å². The number of aryl methyl sites for hydroxylation is 1. The molecule has 0 atom stereocenters. The molecular weight excluding hydrogens is 610 g/mol. The van der Waals surface area contributed by atoms with Crippen molar-refractivity contribution in [3.8, 4) is 5.75 Å². The fraction of sp³-hybridized carbons (Fsp3) is 0.438. The van der Waals surface area contributed by atoms with Gasteiger partial charge in [0.1, 0.15) is 5.75 Å². The maximum atomic E-state index is 13.1. The lowest BCUT2D eigenvalue weighted by Crippen LogP contribution is -2.49. The number of benzene rings is 2. The zero-order chi connectivity index (χ0) is 33.2. The molecule has 0 bridgehead atoms. The highest BCUT2D eigenvalue weighted by atomic mass is 32.2. The standard InChI is InChI=1S/C32H41N7O6S/c1-20(2)46(43,44)27-9-7-6-8-24(27)35-31-37-30(36-28-10-13-33-39(28)31)34-25-16-21(3)23(17-26(25)45-5)22-11-14-38(15-12-22)29(42)32(4,18-40)19-41/h6-10,13,16-17,20,22,40-41H,11-12,14-15,18-19H2,1-5H3,(H2,34,35,36,37). The van der Waals surface area contributed by atoms with Gasteiger partial charge < -0.3 is 30.5 Å². The molecule has 0 spiro atoms. The summed E-state index contributed by atoms with van der Waals surface area (Å²) in [6.07, 6.45) is 3.06. The van der Waals surface area contributed by atoms with E-state index in [1.54, 1.807) is 69.3 Å². The number of methoxy groups -OCH3 is 1. The molecule has 0 aliphatic carbocycles. The number of fused-ring (bicyclic) bond motifs is 1. The lowest BCUT2D eigenvalue weighted by atomic mass is 9.84. The molecule has 1 amide bonds. The van der Waals surface area contributed by atoms with E-state index in [0.29, 0.717) is 35.9 Å². The molecule has 246 valence electrons. The molecule has 1 aliphatic heterocycles. The number of anilines is 4. The molecule has 4 aromatic rings. The summed E-state index contributed by atoms with van der Waals surface area (Å²) in [5.74, 6) is 1.08. The van der Waals surface area contributed by atoms with E-state index in [0.717, 1.165) is 24.0 Å². The molecule has 14 heteroatoms. The second kappa shape index (κ2) is 13.2. The van der Waals surface area contributed by atoms with Gasteiger partial charge in [-0.2, -0.15) is 19.6 Å². The summed E-state index contributed by atoms with van der Waals surface area (Å²) in [4.78, 5) is 24.1. The Hall–Kier alpha value is -4.27. The molecule has 46 heavy (non-hydrogen) atoms. The predicted molar refractivity (Wildman–Crippen MR) is 175 cm³/mol. The van der Waals surface area contributed by atoms with E-state index in [2.05, 4.69) is 25.7 Å². The highest BCUT2D eigenvalue weighted by Gasteiger charge is 2.37. The van der Waals surface area contributed by atoms with Crippen molar-refractivity contribution in [3.05, 3.63) is 59.8 Å². The summed E-state index contributed by atoms with van der Waals surface area (Å²) in [6.45, 7) is 7.11. The van der Waals surface area contributed by atoms with E-state index in [-0.39, 0.29) is 28.6 Å². The number of para-hydroxylation sites is 1. The Labute approximate surface area is 268 Å². The summed E-state index contributed by atoms with van der Waals surface area (Å²) in [7, 11) is -1.99. The predicted octanol–water partition coefficient (Wildman–Crippen LogP) is 3.81. The van der Waals surface area contributed by atoms with Crippen molar-refractivity contribution in [3.63, 3.8) is 0 Å². The molecule has 3 heterocycles. The van der Waals surface area contributed by atoms with Gasteiger partial charge in [-0.3, -0.25) is 4.79 Å². The monoisotopic (exact) mass is 651 g/mol. The largest absolute Gasteiger partial charge is 0.495 e. The maximum absolute atomic E-state index is 13.1. The second-order valence-electron chi connectivity index (χ2n) is 12.2. The van der Waals surface area contributed by atoms with Crippen LogP contribution in [0.4, 0.5) is 23.3 Å². The molecule has 2 aromatic heterocycles. The van der Waals surface area contributed by atoms with Crippen LogP contribution in [0.25, 0.3) is 5.65 Å². The highest BCUT2D eigenvalue weighted by Crippen LogP contribution is 2.38. The number of hydrogen-bond donors (Lipinski definition) is 4. The van der Waals surface area contributed by atoms with Crippen molar-refractivity contribution in [1.29, 1.82) is 0 Å². The number of amides is 1. The number of hydrogen-bond acceptors (Lipinski definition) is 11. The van der Waals surface area contributed by atoms with Gasteiger partial charge in [0, 0.05) is 19.2 Å². The zero-order valence-corrected chi connectivity index (χ0v) is 27.5. The lowest BCUT2D eigenvalue weighted by molar-refractivity contribution is -0.147. The van der Waals surface area contributed by atoms with E-state index in [1.807, 2.05) is 19.1 Å². The van der Waals surface area contributed by atoms with Crippen LogP contribution in [-0.2, 0) is 14.6 Å². The first-order valence-electron chi connectivity index (χ1n) is 15.2. The molecular formula is C32H41N7O6S. The number of carbonyl (C=O) groups excluding carboxylic acids is 1. The molecule has 2 aromatic carbocycles. The first-order valence-corrected chi connectivity index (χ1v) is 16.7. The summed E-state index contributed by atoms with van der Waals surface area (Å²) in [5, 5.41) is 29.4. The van der Waals surface area contributed by atoms with Gasteiger partial charge in [-0.25, -0.2) is 8.42 Å². The van der Waals surface area contributed by atoms with Crippen LogP contribution in [0.3, 0.4) is 0 Å². The van der Waals surface area contributed by atoms with Crippen molar-refractivity contribution in [2.45, 2.75) is 56.6 Å². The van der Waals surface area contributed by atoms with Crippen LogP contribution in [0, 0.1) is 12.3 Å². The molecule has 1 aliphatic rings. The Morgan fingerprint density at radius 2 is 1.76 bits per heavy atom. The maximum Gasteiger partial charge on any atom is 0.233 e. The number of aliphatic hydroxyl groups excluding tert-OH is 2. The molecule has 5 rings (SSSR count). The number of piperidine rings is 1. The van der Waals surface area contributed by atoms with Gasteiger partial charge in [-0.05, 0) is 81.8 Å². The van der Waals surface area contributed by atoms with Crippen molar-refractivity contribution >= 4 is 44.7 Å². The van der Waals surface area contributed by atoms with Crippen LogP contribution in [0.15, 0.2) is 53.6 Å². The molecule has 4 N–H and O–H groups in total. The van der Waals surface area contributed by atoms with Crippen LogP contribution in [0.1, 0.15) is 50.7 Å². The second-order valence-corrected chi connectivity index (χ2v) is 14.6. The number of aromatic nitrogens is 4. The summed E-state index contributed by atoms with van der Waals surface area (Å²) >= 11 is 0. The van der Waals surface area contributed by atoms with Gasteiger partial charge in [0.15, 0.2) is 15.5 Å². The summed E-state index contributed by atoms with van der Waals surface area (Å²) < 4.78 is 33.4. The van der Waals surface area contributed by atoms with Gasteiger partial charge in [-0.1, -0.05) is 12.1 Å². The third kappa shape index (κ3) is 6.37. The molecule has 0 radical (unpaired) electrons. The van der Waals surface area contributed by atoms with E-state index in [1.165, 1.54) is 4.52 Å². The fourth-order valence-corrected chi connectivity index (χ4v) is 6.85. The molecule has 0 saturated carbocycles. The van der Waals surface area contributed by atoms with Gasteiger partial charge in [0.25, 0.3) is 0 Å². The Morgan fingerprint density at radius 1 is 1.07 bits per heavy atom. The first-order chi connectivity index (χ1) is 21.9. The van der Waals surface area contributed by atoms with Crippen LogP contribution >= 0.6 is 0 Å². The van der Waals surface area contributed by atoms with E-state index >= 15 is 0 Å². The summed E-state index contributed by atoms with van der Waals surface area (Å²) in [5.41, 5.74) is 2.47. The van der Waals surface area contributed by atoms with E-state index < -0.39 is 33.7 Å². The lowest BCUT2D eigenvalue weighted by Gasteiger charge is -2.37. The van der Waals surface area contributed by atoms with E-state index in [9.17, 15) is 23.4 Å². The third-order valence-electron chi connectivity index (χ3n) is 8.59. The quantitative estimate of drug-likeness (QED) is 0.186. The number of likely N-dealkylation sites (tertiary alicyclic amines) is 1. The smallest absolute Gasteiger partial charge is 0.233 e. The number of carbonyl (C=O) groups is 1. The first kappa shape index (κ1) is 33.1. The number of nitrogens with one attached hydrogen (secondary N) is 2. The Kier molecular flexibility index (Phi) is 9.52. The van der Waals surface area contributed by atoms with E-state index in [4.69, 9.17) is 4.74 Å². The number of aliphatic hydroxyl groups is 2. The Balaban J connectivity index is 1.40. The highest BCUT2D eigenvalue weighted by molar-refractivity contribution is 7.92. The number of sulfone groups is 1. The van der Waals surface area contributed by atoms with Crippen LogP contribution in [0.5, 0.6) is 5.75 Å². The molecule has 0 unspecified atom stereocenters.